The predicted octanol–water partition coefficient (Wildman–Crippen LogP) is 4.03. The van der Waals surface area contributed by atoms with E-state index in [1.165, 1.54) is 25.7 Å². The Morgan fingerprint density at radius 2 is 1.77 bits per heavy atom. The van der Waals surface area contributed by atoms with E-state index in [0.29, 0.717) is 18.6 Å². The van der Waals surface area contributed by atoms with Gasteiger partial charge < -0.3 is 10.1 Å². The zero-order valence-electron chi connectivity index (χ0n) is 13.3. The van der Waals surface area contributed by atoms with Crippen LogP contribution in [0.1, 0.15) is 42.6 Å². The molecule has 1 aliphatic carbocycles. The topological polar surface area (TPSA) is 47.0 Å². The number of anilines is 1. The molecule has 0 unspecified atom stereocenters. The Morgan fingerprint density at radius 1 is 1.09 bits per heavy atom. The van der Waals surface area contributed by atoms with Crippen molar-refractivity contribution in [3.63, 3.8) is 0 Å². The third-order valence-corrected chi connectivity index (χ3v) is 3.99. The van der Waals surface area contributed by atoms with Crippen molar-refractivity contribution in [1.82, 2.24) is 9.97 Å². The molecule has 1 heterocycles. The summed E-state index contributed by atoms with van der Waals surface area (Å²) in [6, 6.07) is 10.2. The first kappa shape index (κ1) is 14.8. The Labute approximate surface area is 132 Å². The molecule has 1 saturated carbocycles. The lowest BCUT2D eigenvalue weighted by molar-refractivity contribution is 0.208. The molecular formula is C18H23N3O. The molecule has 0 spiro atoms. The van der Waals surface area contributed by atoms with E-state index in [2.05, 4.69) is 27.4 Å². The van der Waals surface area contributed by atoms with Gasteiger partial charge in [-0.1, -0.05) is 18.2 Å². The molecule has 1 aliphatic rings. The summed E-state index contributed by atoms with van der Waals surface area (Å²) in [5.74, 6) is 1.65. The normalized spacial score (nSPS) is 15.0. The number of hydrogen-bond donors (Lipinski definition) is 1. The van der Waals surface area contributed by atoms with Crippen molar-refractivity contribution in [2.45, 2.75) is 52.2 Å². The van der Waals surface area contributed by atoms with E-state index in [0.717, 1.165) is 22.7 Å². The average molecular weight is 297 g/mol. The average Bonchev–Trinajstić information content (AvgIpc) is 2.98. The van der Waals surface area contributed by atoms with Crippen LogP contribution in [0.2, 0.25) is 0 Å². The van der Waals surface area contributed by atoms with Gasteiger partial charge in [-0.25, -0.2) is 9.97 Å². The summed E-state index contributed by atoms with van der Waals surface area (Å²) in [7, 11) is 0. The fraction of sp³-hybridized carbons (Fsp3) is 0.444. The molecule has 22 heavy (non-hydrogen) atoms. The molecule has 1 N–H and O–H groups in total. The standard InChI is InChI=1S/C18H23N3O/c1-13-11-14(2)21-18(20-13)19-12-15-7-3-6-10-17(15)22-16-8-4-5-9-16/h3,6-7,10-11,16H,4-5,8-9,12H2,1-2H3,(H,19,20,21). The summed E-state index contributed by atoms with van der Waals surface area (Å²) < 4.78 is 6.16. The van der Waals surface area contributed by atoms with E-state index in [4.69, 9.17) is 4.74 Å². The molecule has 0 saturated heterocycles. The smallest absolute Gasteiger partial charge is 0.223 e. The van der Waals surface area contributed by atoms with Gasteiger partial charge in [0.05, 0.1) is 6.10 Å². The van der Waals surface area contributed by atoms with Gasteiger partial charge in [0.15, 0.2) is 0 Å². The highest BCUT2D eigenvalue weighted by molar-refractivity contribution is 5.37. The van der Waals surface area contributed by atoms with Crippen LogP contribution in [0.4, 0.5) is 5.95 Å². The fourth-order valence-corrected chi connectivity index (χ4v) is 2.93. The summed E-state index contributed by atoms with van der Waals surface area (Å²) in [5.41, 5.74) is 3.10. The number of nitrogens with one attached hydrogen (secondary N) is 1. The summed E-state index contributed by atoms with van der Waals surface area (Å²) in [6.07, 6.45) is 5.27. The molecule has 116 valence electrons. The molecular weight excluding hydrogens is 274 g/mol. The Hall–Kier alpha value is -2.10. The minimum atomic E-state index is 0.374. The van der Waals surface area contributed by atoms with E-state index in [9.17, 15) is 0 Å². The molecule has 0 radical (unpaired) electrons. The first-order valence-electron chi connectivity index (χ1n) is 8.01. The van der Waals surface area contributed by atoms with Crippen LogP contribution in [0.15, 0.2) is 30.3 Å². The molecule has 0 bridgehead atoms. The van der Waals surface area contributed by atoms with Gasteiger partial charge in [-0.3, -0.25) is 0 Å². The molecule has 4 heteroatoms. The third-order valence-electron chi connectivity index (χ3n) is 3.99. The van der Waals surface area contributed by atoms with Crippen LogP contribution < -0.4 is 10.1 Å². The highest BCUT2D eigenvalue weighted by atomic mass is 16.5. The van der Waals surface area contributed by atoms with Crippen molar-refractivity contribution in [2.24, 2.45) is 0 Å². The monoisotopic (exact) mass is 297 g/mol. The molecule has 3 rings (SSSR count). The zero-order valence-corrected chi connectivity index (χ0v) is 13.3. The van der Waals surface area contributed by atoms with Crippen molar-refractivity contribution in [3.05, 3.63) is 47.3 Å². The van der Waals surface area contributed by atoms with E-state index in [-0.39, 0.29) is 0 Å². The predicted molar refractivity (Wildman–Crippen MR) is 88.2 cm³/mol. The van der Waals surface area contributed by atoms with Crippen LogP contribution >= 0.6 is 0 Å². The van der Waals surface area contributed by atoms with Crippen LogP contribution in [0.25, 0.3) is 0 Å². The van der Waals surface area contributed by atoms with Crippen LogP contribution in [0.5, 0.6) is 5.75 Å². The lowest BCUT2D eigenvalue weighted by Crippen LogP contribution is -2.13. The number of nitrogens with zero attached hydrogens (tertiary/aromatic N) is 2. The van der Waals surface area contributed by atoms with Gasteiger partial charge in [0, 0.05) is 23.5 Å². The van der Waals surface area contributed by atoms with Crippen molar-refractivity contribution in [2.75, 3.05) is 5.32 Å². The SMILES string of the molecule is Cc1cc(C)nc(NCc2ccccc2OC2CCCC2)n1. The van der Waals surface area contributed by atoms with E-state index >= 15 is 0 Å². The van der Waals surface area contributed by atoms with Crippen molar-refractivity contribution >= 4 is 5.95 Å². The zero-order chi connectivity index (χ0) is 15.4. The number of benzene rings is 1. The Kier molecular flexibility index (Phi) is 4.56. The largest absolute Gasteiger partial charge is 0.490 e. The van der Waals surface area contributed by atoms with E-state index in [1.807, 2.05) is 32.0 Å². The minimum absolute atomic E-state index is 0.374. The van der Waals surface area contributed by atoms with Crippen LogP contribution in [-0.2, 0) is 6.54 Å². The number of aryl methyl sites for hydroxylation is 2. The van der Waals surface area contributed by atoms with E-state index < -0.39 is 0 Å². The van der Waals surface area contributed by atoms with Crippen molar-refractivity contribution in [3.8, 4) is 5.75 Å². The van der Waals surface area contributed by atoms with Gasteiger partial charge in [-0.2, -0.15) is 0 Å². The van der Waals surface area contributed by atoms with Gasteiger partial charge >= 0.3 is 0 Å². The summed E-state index contributed by atoms with van der Waals surface area (Å²) in [4.78, 5) is 8.84. The molecule has 0 aliphatic heterocycles. The first-order valence-corrected chi connectivity index (χ1v) is 8.01. The lowest BCUT2D eigenvalue weighted by Gasteiger charge is -2.17. The second-order valence-corrected chi connectivity index (χ2v) is 5.96. The van der Waals surface area contributed by atoms with Gasteiger partial charge in [0.25, 0.3) is 0 Å². The Morgan fingerprint density at radius 3 is 2.50 bits per heavy atom. The lowest BCUT2D eigenvalue weighted by atomic mass is 10.2. The molecule has 4 nitrogen and oxygen atoms in total. The van der Waals surface area contributed by atoms with Crippen LogP contribution in [0.3, 0.4) is 0 Å². The number of para-hydroxylation sites is 1. The molecule has 1 aromatic heterocycles. The first-order chi connectivity index (χ1) is 10.7. The molecule has 2 aromatic rings. The van der Waals surface area contributed by atoms with Gasteiger partial charge in [-0.05, 0) is 51.7 Å². The summed E-state index contributed by atoms with van der Waals surface area (Å²) in [5, 5.41) is 3.31. The number of aromatic nitrogens is 2. The highest BCUT2D eigenvalue weighted by Gasteiger charge is 2.17. The number of hydrogen-bond acceptors (Lipinski definition) is 4. The molecule has 1 fully saturated rings. The van der Waals surface area contributed by atoms with Crippen LogP contribution in [-0.4, -0.2) is 16.1 Å². The number of rotatable bonds is 5. The minimum Gasteiger partial charge on any atom is -0.490 e. The molecule has 1 aromatic carbocycles. The Balaban J connectivity index is 1.69. The second kappa shape index (κ2) is 6.77. The molecule has 0 atom stereocenters. The van der Waals surface area contributed by atoms with Crippen molar-refractivity contribution < 1.29 is 4.74 Å². The Bertz CT molecular complexity index is 616. The number of ether oxygens (including phenoxy) is 1. The van der Waals surface area contributed by atoms with Crippen molar-refractivity contribution in [1.29, 1.82) is 0 Å². The summed E-state index contributed by atoms with van der Waals surface area (Å²) in [6.45, 7) is 4.64. The maximum Gasteiger partial charge on any atom is 0.223 e. The quantitative estimate of drug-likeness (QED) is 0.905. The van der Waals surface area contributed by atoms with E-state index in [1.54, 1.807) is 0 Å². The maximum absolute atomic E-state index is 6.16. The fourth-order valence-electron chi connectivity index (χ4n) is 2.93. The highest BCUT2D eigenvalue weighted by Crippen LogP contribution is 2.26. The van der Waals surface area contributed by atoms with Gasteiger partial charge in [-0.15, -0.1) is 0 Å². The maximum atomic E-state index is 6.16. The summed E-state index contributed by atoms with van der Waals surface area (Å²) >= 11 is 0. The van der Waals surface area contributed by atoms with Gasteiger partial charge in [0.1, 0.15) is 5.75 Å². The second-order valence-electron chi connectivity index (χ2n) is 5.96. The molecule has 0 amide bonds. The third kappa shape index (κ3) is 3.75. The van der Waals surface area contributed by atoms with Gasteiger partial charge in [0.2, 0.25) is 5.95 Å². The van der Waals surface area contributed by atoms with Crippen LogP contribution in [0, 0.1) is 13.8 Å².